The highest BCUT2D eigenvalue weighted by Gasteiger charge is 2.55. The fourth-order valence-corrected chi connectivity index (χ4v) is 5.72. The van der Waals surface area contributed by atoms with Crippen LogP contribution in [-0.2, 0) is 23.9 Å². The summed E-state index contributed by atoms with van der Waals surface area (Å²) in [6, 6.07) is 0. The van der Waals surface area contributed by atoms with E-state index in [1.54, 1.807) is 6.08 Å². The van der Waals surface area contributed by atoms with Crippen molar-refractivity contribution in [2.75, 3.05) is 13.7 Å². The van der Waals surface area contributed by atoms with Crippen LogP contribution >= 0.6 is 0 Å². The predicted octanol–water partition coefficient (Wildman–Crippen LogP) is 3.38. The second-order valence-electron chi connectivity index (χ2n) is 9.30. The van der Waals surface area contributed by atoms with E-state index in [0.29, 0.717) is 24.0 Å². The molecule has 0 aliphatic heterocycles. The van der Waals surface area contributed by atoms with Gasteiger partial charge in [0.1, 0.15) is 12.9 Å². The molecule has 1 fully saturated rings. The standard InChI is InChI=1S/C23H34O6/c1-15(25)29-14-16(11-20(27)28-5)7-8-18-17(13-24)12-19(26)21-22(2,3)9-6-10-23(18,21)4/h11-13,18-19,21,26H,6-10,14H2,1-5H3/b16-11+/t18-,19-,21-,23+/m1/s1. The zero-order chi connectivity index (χ0) is 21.8. The van der Waals surface area contributed by atoms with Crippen molar-refractivity contribution in [2.45, 2.75) is 65.9 Å². The molecular formula is C23H34O6. The molecular weight excluding hydrogens is 372 g/mol. The largest absolute Gasteiger partial charge is 0.466 e. The summed E-state index contributed by atoms with van der Waals surface area (Å²) >= 11 is 0. The van der Waals surface area contributed by atoms with Crippen molar-refractivity contribution in [2.24, 2.45) is 22.7 Å². The van der Waals surface area contributed by atoms with Crippen LogP contribution in [0.4, 0.5) is 0 Å². The van der Waals surface area contributed by atoms with Gasteiger partial charge >= 0.3 is 11.9 Å². The highest BCUT2D eigenvalue weighted by molar-refractivity contribution is 5.82. The maximum atomic E-state index is 11.8. The first-order valence-electron chi connectivity index (χ1n) is 10.3. The Bertz CT molecular complexity index is 704. The van der Waals surface area contributed by atoms with Crippen LogP contribution in [0.1, 0.15) is 59.8 Å². The van der Waals surface area contributed by atoms with Gasteiger partial charge in [-0.15, -0.1) is 0 Å². The number of methoxy groups -OCH3 is 1. The quantitative estimate of drug-likeness (QED) is 0.396. The molecule has 2 aliphatic rings. The smallest absolute Gasteiger partial charge is 0.330 e. The summed E-state index contributed by atoms with van der Waals surface area (Å²) in [5.41, 5.74) is 1.03. The number of fused-ring (bicyclic) bond motifs is 1. The molecule has 2 aliphatic carbocycles. The van der Waals surface area contributed by atoms with E-state index in [1.165, 1.54) is 20.1 Å². The molecule has 0 amide bonds. The van der Waals surface area contributed by atoms with Gasteiger partial charge in [-0.25, -0.2) is 4.79 Å². The first-order chi connectivity index (χ1) is 13.5. The number of ether oxygens (including phenoxy) is 2. The van der Waals surface area contributed by atoms with Gasteiger partial charge in [-0.05, 0) is 65.6 Å². The molecule has 1 saturated carbocycles. The normalized spacial score (nSPS) is 31.3. The van der Waals surface area contributed by atoms with Crippen molar-refractivity contribution in [3.05, 3.63) is 23.3 Å². The number of aliphatic hydroxyl groups excluding tert-OH is 1. The van der Waals surface area contributed by atoms with Crippen LogP contribution < -0.4 is 0 Å². The Hall–Kier alpha value is -1.95. The fraction of sp³-hybridized carbons (Fsp3) is 0.696. The van der Waals surface area contributed by atoms with Gasteiger partial charge in [0.2, 0.25) is 0 Å². The topological polar surface area (TPSA) is 89.9 Å². The van der Waals surface area contributed by atoms with Gasteiger partial charge in [-0.2, -0.15) is 0 Å². The zero-order valence-corrected chi connectivity index (χ0v) is 18.2. The summed E-state index contributed by atoms with van der Waals surface area (Å²) in [5, 5.41) is 10.8. The number of carbonyl (C=O) groups is 3. The number of carbonyl (C=O) groups excluding carboxylic acids is 3. The van der Waals surface area contributed by atoms with Gasteiger partial charge in [-0.3, -0.25) is 9.59 Å². The summed E-state index contributed by atoms with van der Waals surface area (Å²) in [5.74, 6) is -0.901. The molecule has 6 nitrogen and oxygen atoms in total. The third-order valence-corrected chi connectivity index (χ3v) is 6.87. The summed E-state index contributed by atoms with van der Waals surface area (Å²) in [6.45, 7) is 7.91. The van der Waals surface area contributed by atoms with E-state index in [9.17, 15) is 19.5 Å². The Morgan fingerprint density at radius 2 is 1.97 bits per heavy atom. The number of allylic oxidation sites excluding steroid dienone is 1. The molecule has 0 spiro atoms. The molecule has 0 radical (unpaired) electrons. The maximum absolute atomic E-state index is 11.8. The Balaban J connectivity index is 2.30. The van der Waals surface area contributed by atoms with Gasteiger partial charge in [0.15, 0.2) is 0 Å². The van der Waals surface area contributed by atoms with Crippen molar-refractivity contribution in [1.82, 2.24) is 0 Å². The summed E-state index contributed by atoms with van der Waals surface area (Å²) in [7, 11) is 1.30. The van der Waals surface area contributed by atoms with Crippen LogP contribution in [0, 0.1) is 22.7 Å². The number of aliphatic hydroxyl groups is 1. The minimum atomic E-state index is -0.641. The van der Waals surface area contributed by atoms with Crippen LogP contribution in [0.15, 0.2) is 23.3 Å². The van der Waals surface area contributed by atoms with Crippen molar-refractivity contribution in [1.29, 1.82) is 0 Å². The Morgan fingerprint density at radius 1 is 1.28 bits per heavy atom. The molecule has 6 heteroatoms. The van der Waals surface area contributed by atoms with Gasteiger partial charge in [0.25, 0.3) is 0 Å². The van der Waals surface area contributed by atoms with Crippen LogP contribution in [-0.4, -0.2) is 43.2 Å². The van der Waals surface area contributed by atoms with Crippen molar-refractivity contribution in [3.63, 3.8) is 0 Å². The molecule has 4 atom stereocenters. The maximum Gasteiger partial charge on any atom is 0.330 e. The minimum Gasteiger partial charge on any atom is -0.466 e. The Kier molecular flexibility index (Phi) is 7.44. The molecule has 0 aromatic carbocycles. The van der Waals surface area contributed by atoms with Crippen molar-refractivity contribution in [3.8, 4) is 0 Å². The second-order valence-corrected chi connectivity index (χ2v) is 9.30. The van der Waals surface area contributed by atoms with Gasteiger partial charge in [-0.1, -0.05) is 27.2 Å². The molecule has 0 aromatic heterocycles. The third kappa shape index (κ3) is 5.16. The minimum absolute atomic E-state index is 0.0194. The lowest BCUT2D eigenvalue weighted by atomic mass is 9.47. The van der Waals surface area contributed by atoms with Crippen LogP contribution in [0.3, 0.4) is 0 Å². The zero-order valence-electron chi connectivity index (χ0n) is 18.2. The average molecular weight is 407 g/mol. The lowest BCUT2D eigenvalue weighted by molar-refractivity contribution is -0.140. The number of aldehydes is 1. The molecule has 0 saturated heterocycles. The van der Waals surface area contributed by atoms with Gasteiger partial charge < -0.3 is 14.6 Å². The summed E-state index contributed by atoms with van der Waals surface area (Å²) in [4.78, 5) is 34.8. The van der Waals surface area contributed by atoms with Crippen molar-refractivity contribution >= 4 is 18.2 Å². The van der Waals surface area contributed by atoms with E-state index in [4.69, 9.17) is 9.47 Å². The predicted molar refractivity (Wildman–Crippen MR) is 109 cm³/mol. The molecule has 0 unspecified atom stereocenters. The summed E-state index contributed by atoms with van der Waals surface area (Å²) < 4.78 is 9.80. The second kappa shape index (κ2) is 9.24. The van der Waals surface area contributed by atoms with E-state index in [2.05, 4.69) is 20.8 Å². The van der Waals surface area contributed by atoms with E-state index < -0.39 is 18.0 Å². The van der Waals surface area contributed by atoms with E-state index in [0.717, 1.165) is 25.5 Å². The van der Waals surface area contributed by atoms with Gasteiger partial charge in [0, 0.05) is 13.0 Å². The molecule has 1 N–H and O–H groups in total. The molecule has 162 valence electrons. The average Bonchev–Trinajstić information content (AvgIpc) is 2.63. The van der Waals surface area contributed by atoms with E-state index >= 15 is 0 Å². The van der Waals surface area contributed by atoms with Gasteiger partial charge in [0.05, 0.1) is 13.2 Å². The summed E-state index contributed by atoms with van der Waals surface area (Å²) in [6.07, 6.45) is 7.44. The monoisotopic (exact) mass is 406 g/mol. The number of rotatable bonds is 7. The fourth-order valence-electron chi connectivity index (χ4n) is 5.72. The molecule has 2 rings (SSSR count). The molecule has 0 aromatic rings. The Morgan fingerprint density at radius 3 is 2.55 bits per heavy atom. The number of hydrogen-bond acceptors (Lipinski definition) is 6. The SMILES string of the molecule is COC(=O)/C=C(\CC[C@@H]1C(C=O)=C[C@@H](O)[C@@H]2C(C)(C)CCC[C@@]12C)COC(C)=O. The van der Waals surface area contributed by atoms with E-state index in [1.807, 2.05) is 0 Å². The first-order valence-corrected chi connectivity index (χ1v) is 10.3. The van der Waals surface area contributed by atoms with Crippen molar-refractivity contribution < 1.29 is 29.0 Å². The molecule has 0 bridgehead atoms. The molecule has 0 heterocycles. The first kappa shape index (κ1) is 23.3. The van der Waals surface area contributed by atoms with E-state index in [-0.39, 0.29) is 29.3 Å². The lowest BCUT2D eigenvalue weighted by Crippen LogP contribution is -2.54. The molecule has 29 heavy (non-hydrogen) atoms. The Labute approximate surface area is 173 Å². The lowest BCUT2D eigenvalue weighted by Gasteiger charge is -2.58. The third-order valence-electron chi connectivity index (χ3n) is 6.87. The van der Waals surface area contributed by atoms with Crippen LogP contribution in [0.25, 0.3) is 0 Å². The number of esters is 2. The van der Waals surface area contributed by atoms with Crippen LogP contribution in [0.5, 0.6) is 0 Å². The highest BCUT2D eigenvalue weighted by Crippen LogP contribution is 2.60. The highest BCUT2D eigenvalue weighted by atomic mass is 16.5. The number of hydrogen-bond donors (Lipinski definition) is 1. The van der Waals surface area contributed by atoms with Crippen LogP contribution in [0.2, 0.25) is 0 Å².